The second-order valence-electron chi connectivity index (χ2n) is 8.16. The van der Waals surface area contributed by atoms with E-state index in [1.54, 1.807) is 26.1 Å². The van der Waals surface area contributed by atoms with Crippen molar-refractivity contribution in [2.75, 3.05) is 40.5 Å². The maximum Gasteiger partial charge on any atom is 0.248 e. The average Bonchev–Trinajstić information content (AvgIpc) is 2.75. The molecule has 3 atom stereocenters. The molecule has 1 aromatic rings. The van der Waals surface area contributed by atoms with Crippen LogP contribution < -0.4 is 4.74 Å². The Hall–Kier alpha value is -2.12. The molecule has 1 amide bonds. The molecule has 0 aromatic heterocycles. The number of hydrogen-bond donors (Lipinski definition) is 1. The molecule has 0 saturated heterocycles. The van der Waals surface area contributed by atoms with Crippen LogP contribution in [0.3, 0.4) is 0 Å². The molecule has 0 unspecified atom stereocenters. The highest BCUT2D eigenvalue weighted by Crippen LogP contribution is 2.34. The summed E-state index contributed by atoms with van der Waals surface area (Å²) in [6, 6.07) is 4.20. The first-order valence-electron chi connectivity index (χ1n) is 10.8. The summed E-state index contributed by atoms with van der Waals surface area (Å²) in [5.41, 5.74) is 0.657. The van der Waals surface area contributed by atoms with Crippen molar-refractivity contribution >= 4 is 15.9 Å². The summed E-state index contributed by atoms with van der Waals surface area (Å²) < 4.78 is 39.3. The predicted octanol–water partition coefficient (Wildman–Crippen LogP) is 1.71. The van der Waals surface area contributed by atoms with Crippen molar-refractivity contribution in [3.63, 3.8) is 0 Å². The number of rotatable bonds is 7. The van der Waals surface area contributed by atoms with Crippen molar-refractivity contribution in [3.8, 4) is 17.6 Å². The van der Waals surface area contributed by atoms with Gasteiger partial charge in [-0.2, -0.15) is 4.31 Å². The zero-order valence-corrected chi connectivity index (χ0v) is 20.3. The van der Waals surface area contributed by atoms with E-state index in [2.05, 4.69) is 11.8 Å². The predicted molar refractivity (Wildman–Crippen MR) is 122 cm³/mol. The normalized spacial score (nSPS) is 21.2. The third-order valence-electron chi connectivity index (χ3n) is 5.42. The van der Waals surface area contributed by atoms with Crippen LogP contribution >= 0.6 is 0 Å². The lowest BCUT2D eigenvalue weighted by molar-refractivity contribution is -0.135. The van der Waals surface area contributed by atoms with E-state index in [-0.39, 0.29) is 48.8 Å². The second kappa shape index (κ2) is 11.7. The minimum atomic E-state index is -3.91. The molecule has 9 heteroatoms. The van der Waals surface area contributed by atoms with Gasteiger partial charge in [-0.05, 0) is 31.5 Å². The van der Waals surface area contributed by atoms with Gasteiger partial charge in [0.15, 0.2) is 0 Å². The van der Waals surface area contributed by atoms with Gasteiger partial charge in [0.1, 0.15) is 23.4 Å². The highest BCUT2D eigenvalue weighted by molar-refractivity contribution is 7.89. The van der Waals surface area contributed by atoms with Crippen molar-refractivity contribution in [2.24, 2.45) is 5.92 Å². The average molecular weight is 467 g/mol. The van der Waals surface area contributed by atoms with Gasteiger partial charge in [0, 0.05) is 44.6 Å². The van der Waals surface area contributed by atoms with E-state index in [0.29, 0.717) is 5.56 Å². The van der Waals surface area contributed by atoms with Crippen molar-refractivity contribution in [3.05, 3.63) is 23.8 Å². The van der Waals surface area contributed by atoms with Gasteiger partial charge < -0.3 is 19.5 Å². The van der Waals surface area contributed by atoms with Gasteiger partial charge in [-0.15, -0.1) is 0 Å². The summed E-state index contributed by atoms with van der Waals surface area (Å²) in [5, 5.41) is 9.70. The lowest BCUT2D eigenvalue weighted by atomic mass is 10.0. The van der Waals surface area contributed by atoms with E-state index in [1.165, 1.54) is 22.4 Å². The van der Waals surface area contributed by atoms with E-state index in [1.807, 2.05) is 13.8 Å². The number of sulfonamides is 1. The molecule has 0 saturated carbocycles. The Kier molecular flexibility index (Phi) is 9.52. The molecule has 1 aliphatic rings. The number of hydrogen-bond acceptors (Lipinski definition) is 6. The molecule has 178 valence electrons. The maximum atomic E-state index is 13.4. The number of aliphatic hydroxyl groups excluding tert-OH is 1. The lowest BCUT2D eigenvalue weighted by Gasteiger charge is -2.37. The minimum absolute atomic E-state index is 0.0293. The molecular weight excluding hydrogens is 432 g/mol. The van der Waals surface area contributed by atoms with Crippen LogP contribution in [-0.4, -0.2) is 81.2 Å². The van der Waals surface area contributed by atoms with Gasteiger partial charge in [0.25, 0.3) is 0 Å². The number of nitrogens with zero attached hydrogens (tertiary/aromatic N) is 2. The lowest BCUT2D eigenvalue weighted by Crippen LogP contribution is -2.50. The third kappa shape index (κ3) is 6.23. The highest BCUT2D eigenvalue weighted by atomic mass is 32.2. The van der Waals surface area contributed by atoms with E-state index in [4.69, 9.17) is 9.47 Å². The fourth-order valence-corrected chi connectivity index (χ4v) is 5.24. The second-order valence-corrected chi connectivity index (χ2v) is 10.0. The molecule has 0 bridgehead atoms. The number of aliphatic hydroxyl groups is 1. The molecule has 32 heavy (non-hydrogen) atoms. The number of likely N-dealkylation sites (N-methyl/N-ethyl adjacent to an activating group) is 1. The van der Waals surface area contributed by atoms with Gasteiger partial charge in [0.05, 0.1) is 13.2 Å². The smallest absolute Gasteiger partial charge is 0.248 e. The van der Waals surface area contributed by atoms with Gasteiger partial charge >= 0.3 is 0 Å². The summed E-state index contributed by atoms with van der Waals surface area (Å²) in [6.07, 6.45) is 1.20. The van der Waals surface area contributed by atoms with E-state index >= 15 is 0 Å². The summed E-state index contributed by atoms with van der Waals surface area (Å²) in [4.78, 5) is 13.8. The van der Waals surface area contributed by atoms with Crippen molar-refractivity contribution in [1.29, 1.82) is 0 Å². The van der Waals surface area contributed by atoms with Gasteiger partial charge in [-0.3, -0.25) is 4.79 Å². The summed E-state index contributed by atoms with van der Waals surface area (Å²) in [6.45, 7) is 5.64. The van der Waals surface area contributed by atoms with Crippen molar-refractivity contribution in [1.82, 2.24) is 9.21 Å². The van der Waals surface area contributed by atoms with Crippen LogP contribution in [0.15, 0.2) is 23.1 Å². The number of methoxy groups -OCH3 is 1. The molecular formula is C23H34N2O6S. The Morgan fingerprint density at radius 2 is 2.16 bits per heavy atom. The molecule has 8 nitrogen and oxygen atoms in total. The molecule has 1 N–H and O–H groups in total. The van der Waals surface area contributed by atoms with Gasteiger partial charge in [-0.1, -0.05) is 25.7 Å². The van der Waals surface area contributed by atoms with Crippen LogP contribution in [0.5, 0.6) is 5.75 Å². The molecule has 2 rings (SSSR count). The van der Waals surface area contributed by atoms with E-state index in [0.717, 1.165) is 12.8 Å². The molecule has 0 aliphatic carbocycles. The van der Waals surface area contributed by atoms with Crippen LogP contribution in [0.2, 0.25) is 0 Å². The van der Waals surface area contributed by atoms with Gasteiger partial charge in [-0.25, -0.2) is 8.42 Å². The fourth-order valence-electron chi connectivity index (χ4n) is 3.42. The number of fused-ring (bicyclic) bond motifs is 1. The number of unbranched alkanes of at least 4 members (excludes halogenated alkanes) is 1. The van der Waals surface area contributed by atoms with Crippen LogP contribution in [0.1, 0.15) is 39.2 Å². The summed E-state index contributed by atoms with van der Waals surface area (Å²) >= 11 is 0. The number of benzene rings is 1. The number of carbonyl (C=O) groups excluding carboxylic acids is 1. The standard InChI is InChI=1S/C23H34N2O6S/c1-6-7-8-9-19-10-11-22-20(12-19)31-21(14-24(4)23(27)16-30-5)17(2)13-25(18(3)15-26)32(22,28)29/h10-12,17-18,21,26H,6-7,13-16H2,1-5H3/t17-,18-,21+/m0/s1. The maximum absolute atomic E-state index is 13.4. The van der Waals surface area contributed by atoms with E-state index in [9.17, 15) is 18.3 Å². The quantitative estimate of drug-likeness (QED) is 0.615. The van der Waals surface area contributed by atoms with Crippen LogP contribution in [0.4, 0.5) is 0 Å². The largest absolute Gasteiger partial charge is 0.487 e. The first-order chi connectivity index (χ1) is 15.1. The third-order valence-corrected chi connectivity index (χ3v) is 7.44. The van der Waals surface area contributed by atoms with E-state index < -0.39 is 22.2 Å². The Labute approximate surface area is 191 Å². The number of carbonyl (C=O) groups is 1. The van der Waals surface area contributed by atoms with Crippen LogP contribution in [0, 0.1) is 17.8 Å². The Bertz CT molecular complexity index is 953. The molecule has 1 heterocycles. The first-order valence-corrected chi connectivity index (χ1v) is 12.2. The van der Waals surface area contributed by atoms with Crippen LogP contribution in [0.25, 0.3) is 0 Å². The van der Waals surface area contributed by atoms with Crippen molar-refractivity contribution < 1.29 is 27.8 Å². The Morgan fingerprint density at radius 1 is 1.44 bits per heavy atom. The summed E-state index contributed by atoms with van der Waals surface area (Å²) in [7, 11) is -0.789. The Morgan fingerprint density at radius 3 is 2.78 bits per heavy atom. The zero-order valence-electron chi connectivity index (χ0n) is 19.5. The van der Waals surface area contributed by atoms with Crippen LogP contribution in [-0.2, 0) is 19.6 Å². The first kappa shape index (κ1) is 26.1. The zero-order chi connectivity index (χ0) is 23.9. The summed E-state index contributed by atoms with van der Waals surface area (Å²) in [5.74, 6) is 5.86. The topological polar surface area (TPSA) is 96.4 Å². The number of ether oxygens (including phenoxy) is 2. The van der Waals surface area contributed by atoms with Crippen molar-refractivity contribution in [2.45, 2.75) is 50.7 Å². The molecule has 0 spiro atoms. The monoisotopic (exact) mass is 466 g/mol. The molecule has 0 radical (unpaired) electrons. The molecule has 1 aromatic carbocycles. The van der Waals surface area contributed by atoms with Gasteiger partial charge in [0.2, 0.25) is 15.9 Å². The SMILES string of the molecule is CCCC#Cc1ccc2c(c1)O[C@H](CN(C)C(=O)COC)[C@@H](C)CN([C@@H](C)CO)S2(=O)=O. The minimum Gasteiger partial charge on any atom is -0.487 e. The number of amides is 1. The Balaban J connectivity index is 2.52. The molecule has 0 fully saturated rings. The molecule has 1 aliphatic heterocycles. The highest BCUT2D eigenvalue weighted by Gasteiger charge is 2.38. The fraction of sp³-hybridized carbons (Fsp3) is 0.609.